The van der Waals surface area contributed by atoms with Crippen molar-refractivity contribution in [2.75, 3.05) is 0 Å². The number of aryl methyl sites for hydroxylation is 1. The van der Waals surface area contributed by atoms with Crippen LogP contribution in [-0.2, 0) is 13.2 Å². The summed E-state index contributed by atoms with van der Waals surface area (Å²) >= 11 is 1.56. The molecule has 27 heavy (non-hydrogen) atoms. The van der Waals surface area contributed by atoms with Gasteiger partial charge >= 0.3 is 6.03 Å². The molecule has 0 unspecified atom stereocenters. The third-order valence-electron chi connectivity index (χ3n) is 4.20. The molecular formula is C21H31N3O2S. The molecule has 1 aromatic carbocycles. The maximum absolute atomic E-state index is 12.6. The minimum atomic E-state index is -0.267. The minimum Gasteiger partial charge on any atom is -0.486 e. The molecule has 2 amide bonds. The summed E-state index contributed by atoms with van der Waals surface area (Å²) in [6, 6.07) is 6.07. The van der Waals surface area contributed by atoms with Gasteiger partial charge in [0.1, 0.15) is 17.4 Å². The number of benzene rings is 1. The van der Waals surface area contributed by atoms with Gasteiger partial charge in [0.05, 0.1) is 12.2 Å². The van der Waals surface area contributed by atoms with Gasteiger partial charge in [-0.2, -0.15) is 0 Å². The van der Waals surface area contributed by atoms with Crippen molar-refractivity contribution in [3.8, 4) is 5.75 Å². The Morgan fingerprint density at radius 2 is 2.00 bits per heavy atom. The monoisotopic (exact) mass is 389 g/mol. The molecule has 0 saturated carbocycles. The maximum atomic E-state index is 12.6. The Labute approximate surface area is 166 Å². The van der Waals surface area contributed by atoms with Crippen LogP contribution in [0.1, 0.15) is 56.4 Å². The zero-order valence-corrected chi connectivity index (χ0v) is 18.2. The van der Waals surface area contributed by atoms with Crippen LogP contribution < -0.4 is 10.1 Å². The van der Waals surface area contributed by atoms with E-state index in [0.717, 1.165) is 22.0 Å². The van der Waals surface area contributed by atoms with Gasteiger partial charge in [0.25, 0.3) is 0 Å². The largest absolute Gasteiger partial charge is 0.486 e. The SMILES string of the molecule is Cc1cccc(OCc2nc(CN(C(=O)NC(C)(C)C)C(C)C)cs2)c1C. The van der Waals surface area contributed by atoms with Crippen molar-refractivity contribution in [1.29, 1.82) is 0 Å². The molecule has 2 aromatic rings. The van der Waals surface area contributed by atoms with E-state index in [-0.39, 0.29) is 17.6 Å². The fourth-order valence-corrected chi connectivity index (χ4v) is 3.26. The highest BCUT2D eigenvalue weighted by molar-refractivity contribution is 7.09. The van der Waals surface area contributed by atoms with Crippen molar-refractivity contribution >= 4 is 17.4 Å². The smallest absolute Gasteiger partial charge is 0.318 e. The third-order valence-corrected chi connectivity index (χ3v) is 5.08. The molecular weight excluding hydrogens is 358 g/mol. The first-order valence-corrected chi connectivity index (χ1v) is 10.2. The van der Waals surface area contributed by atoms with Gasteiger partial charge < -0.3 is 15.0 Å². The van der Waals surface area contributed by atoms with Crippen molar-refractivity contribution in [3.05, 3.63) is 45.4 Å². The summed E-state index contributed by atoms with van der Waals surface area (Å²) in [5.74, 6) is 0.889. The number of carbonyl (C=O) groups excluding carboxylic acids is 1. The molecule has 0 spiro atoms. The predicted octanol–water partition coefficient (Wildman–Crippen LogP) is 5.06. The molecule has 1 heterocycles. The first kappa shape index (κ1) is 21.2. The van der Waals surface area contributed by atoms with Gasteiger partial charge in [-0.3, -0.25) is 0 Å². The molecule has 5 nitrogen and oxygen atoms in total. The average molecular weight is 390 g/mol. The van der Waals surface area contributed by atoms with Crippen LogP contribution in [0.2, 0.25) is 0 Å². The molecule has 2 rings (SSSR count). The van der Waals surface area contributed by atoms with E-state index >= 15 is 0 Å². The highest BCUT2D eigenvalue weighted by atomic mass is 32.1. The number of amides is 2. The zero-order chi connectivity index (χ0) is 20.2. The molecule has 1 aromatic heterocycles. The molecule has 0 aliphatic heterocycles. The summed E-state index contributed by atoms with van der Waals surface area (Å²) in [6.45, 7) is 15.0. The van der Waals surface area contributed by atoms with E-state index in [2.05, 4.69) is 30.2 Å². The number of urea groups is 1. The standard InChI is InChI=1S/C21H31N3O2S/c1-14(2)24(20(25)23-21(5,6)7)11-17-13-27-19(22-17)12-26-18-10-8-9-15(3)16(18)4/h8-10,13-14H,11-12H2,1-7H3,(H,23,25). The predicted molar refractivity (Wildman–Crippen MR) is 111 cm³/mol. The molecule has 0 atom stereocenters. The molecule has 148 valence electrons. The number of ether oxygens (including phenoxy) is 1. The number of rotatable bonds is 6. The first-order chi connectivity index (χ1) is 12.6. The van der Waals surface area contributed by atoms with Gasteiger partial charge in [-0.15, -0.1) is 11.3 Å². The average Bonchev–Trinajstić information content (AvgIpc) is 2.99. The first-order valence-electron chi connectivity index (χ1n) is 9.28. The second kappa shape index (κ2) is 8.74. The number of nitrogens with one attached hydrogen (secondary N) is 1. The van der Waals surface area contributed by atoms with Crippen molar-refractivity contribution in [3.63, 3.8) is 0 Å². The van der Waals surface area contributed by atoms with Crippen LogP contribution in [-0.4, -0.2) is 27.5 Å². The Bertz CT molecular complexity index is 778. The van der Waals surface area contributed by atoms with Gasteiger partial charge in [0.2, 0.25) is 0 Å². The van der Waals surface area contributed by atoms with Crippen LogP contribution in [0.5, 0.6) is 5.75 Å². The van der Waals surface area contributed by atoms with E-state index in [0.29, 0.717) is 13.2 Å². The van der Waals surface area contributed by atoms with E-state index < -0.39 is 0 Å². The van der Waals surface area contributed by atoms with Crippen molar-refractivity contribution < 1.29 is 9.53 Å². The zero-order valence-electron chi connectivity index (χ0n) is 17.4. The minimum absolute atomic E-state index is 0.0707. The van der Waals surface area contributed by atoms with Gasteiger partial charge in [-0.25, -0.2) is 9.78 Å². The van der Waals surface area contributed by atoms with Crippen LogP contribution in [0.15, 0.2) is 23.6 Å². The summed E-state index contributed by atoms with van der Waals surface area (Å²) in [4.78, 5) is 19.0. The highest BCUT2D eigenvalue weighted by Gasteiger charge is 2.22. The summed E-state index contributed by atoms with van der Waals surface area (Å²) in [6.07, 6.45) is 0. The second-order valence-corrected chi connectivity index (χ2v) is 9.06. The quantitative estimate of drug-likeness (QED) is 0.751. The van der Waals surface area contributed by atoms with Crippen LogP contribution in [0, 0.1) is 13.8 Å². The molecule has 0 saturated heterocycles. The summed E-state index contributed by atoms with van der Waals surface area (Å²) in [5.41, 5.74) is 2.98. The van der Waals surface area contributed by atoms with E-state index in [1.165, 1.54) is 5.56 Å². The van der Waals surface area contributed by atoms with Crippen LogP contribution in [0.25, 0.3) is 0 Å². The topological polar surface area (TPSA) is 54.5 Å². The van der Waals surface area contributed by atoms with Crippen molar-refractivity contribution in [2.24, 2.45) is 0 Å². The van der Waals surface area contributed by atoms with Gasteiger partial charge in [-0.05, 0) is 65.7 Å². The van der Waals surface area contributed by atoms with E-state index in [9.17, 15) is 4.79 Å². The molecule has 6 heteroatoms. The molecule has 0 aliphatic carbocycles. The molecule has 0 bridgehead atoms. The number of hydrogen-bond acceptors (Lipinski definition) is 4. The lowest BCUT2D eigenvalue weighted by atomic mass is 10.1. The lowest BCUT2D eigenvalue weighted by Gasteiger charge is -2.30. The van der Waals surface area contributed by atoms with E-state index in [4.69, 9.17) is 4.74 Å². The lowest BCUT2D eigenvalue weighted by molar-refractivity contribution is 0.170. The van der Waals surface area contributed by atoms with Crippen LogP contribution in [0.3, 0.4) is 0 Å². The Morgan fingerprint density at radius 1 is 1.30 bits per heavy atom. The molecule has 1 N–H and O–H groups in total. The second-order valence-electron chi connectivity index (χ2n) is 8.12. The van der Waals surface area contributed by atoms with Crippen LogP contribution in [0.4, 0.5) is 4.79 Å². The molecule has 0 aliphatic rings. The number of aromatic nitrogens is 1. The number of carbonyl (C=O) groups is 1. The number of thiazole rings is 1. The van der Waals surface area contributed by atoms with E-state index in [1.807, 2.05) is 52.1 Å². The van der Waals surface area contributed by atoms with Gasteiger partial charge in [-0.1, -0.05) is 12.1 Å². The Balaban J connectivity index is 2.01. The summed E-state index contributed by atoms with van der Waals surface area (Å²) in [5, 5.41) is 5.93. The van der Waals surface area contributed by atoms with Crippen molar-refractivity contribution in [2.45, 2.75) is 73.2 Å². The van der Waals surface area contributed by atoms with E-state index in [1.54, 1.807) is 16.2 Å². The number of hydrogen-bond donors (Lipinski definition) is 1. The highest BCUT2D eigenvalue weighted by Crippen LogP contribution is 2.23. The molecule has 0 fully saturated rings. The van der Waals surface area contributed by atoms with Crippen LogP contribution >= 0.6 is 11.3 Å². The lowest BCUT2D eigenvalue weighted by Crippen LogP contribution is -2.50. The summed E-state index contributed by atoms with van der Waals surface area (Å²) in [7, 11) is 0. The Hall–Kier alpha value is -2.08. The fraction of sp³-hybridized carbons (Fsp3) is 0.524. The normalized spacial score (nSPS) is 11.6. The van der Waals surface area contributed by atoms with Crippen molar-refractivity contribution in [1.82, 2.24) is 15.2 Å². The number of nitrogens with zero attached hydrogens (tertiary/aromatic N) is 2. The fourth-order valence-electron chi connectivity index (χ4n) is 2.56. The van der Waals surface area contributed by atoms with Gasteiger partial charge in [0, 0.05) is 17.0 Å². The Morgan fingerprint density at radius 3 is 2.63 bits per heavy atom. The third kappa shape index (κ3) is 6.24. The summed E-state index contributed by atoms with van der Waals surface area (Å²) < 4.78 is 5.94. The maximum Gasteiger partial charge on any atom is 0.318 e. The van der Waals surface area contributed by atoms with Gasteiger partial charge in [0.15, 0.2) is 0 Å². The Kier molecular flexibility index (Phi) is 6.87. The molecule has 0 radical (unpaired) electrons.